The minimum atomic E-state index is -0.211. The molecule has 0 saturated carbocycles. The first kappa shape index (κ1) is 15.9. The number of nitrogens with zero attached hydrogens (tertiary/aromatic N) is 2. The number of hydrogen-bond donors (Lipinski definition) is 0. The molecule has 4 nitrogen and oxygen atoms in total. The maximum atomic E-state index is 12.5. The van der Waals surface area contributed by atoms with E-state index in [2.05, 4.69) is 0 Å². The van der Waals surface area contributed by atoms with Crippen molar-refractivity contribution in [3.8, 4) is 0 Å². The third-order valence-corrected chi connectivity index (χ3v) is 5.24. The third kappa shape index (κ3) is 3.29. The van der Waals surface area contributed by atoms with Crippen LogP contribution >= 0.6 is 0 Å². The Balaban J connectivity index is 1.44. The Hall–Kier alpha value is -2.62. The molecule has 0 unspecified atom stereocenters. The maximum absolute atomic E-state index is 12.5. The van der Waals surface area contributed by atoms with Gasteiger partial charge in [0.15, 0.2) is 0 Å². The molecule has 2 fully saturated rings. The smallest absolute Gasteiger partial charge is 0.223 e. The van der Waals surface area contributed by atoms with Crippen molar-refractivity contribution in [3.05, 3.63) is 71.8 Å². The third-order valence-electron chi connectivity index (χ3n) is 5.24. The molecule has 0 aromatic heterocycles. The predicted octanol–water partition coefficient (Wildman–Crippen LogP) is 2.84. The van der Waals surface area contributed by atoms with Gasteiger partial charge in [-0.2, -0.15) is 0 Å². The summed E-state index contributed by atoms with van der Waals surface area (Å²) in [7, 11) is 0. The van der Waals surface area contributed by atoms with Gasteiger partial charge in [-0.3, -0.25) is 9.59 Å². The van der Waals surface area contributed by atoms with Gasteiger partial charge in [0.05, 0.1) is 0 Å². The number of carbonyl (C=O) groups is 2. The Labute approximate surface area is 148 Å². The molecule has 25 heavy (non-hydrogen) atoms. The summed E-state index contributed by atoms with van der Waals surface area (Å²) in [5, 5.41) is 0. The van der Waals surface area contributed by atoms with Crippen molar-refractivity contribution < 1.29 is 9.59 Å². The van der Waals surface area contributed by atoms with Crippen LogP contribution in [0, 0.1) is 5.41 Å². The SMILES string of the molecule is O=C1CC2(CC(=O)N(Cc3ccccc3)C2)CN1Cc1ccccc1. The second kappa shape index (κ2) is 6.36. The molecule has 2 amide bonds. The molecule has 4 heteroatoms. The van der Waals surface area contributed by atoms with Gasteiger partial charge >= 0.3 is 0 Å². The first-order valence-electron chi connectivity index (χ1n) is 8.77. The molecule has 0 atom stereocenters. The fraction of sp³-hybridized carbons (Fsp3) is 0.333. The van der Waals surface area contributed by atoms with E-state index in [0.29, 0.717) is 39.0 Å². The number of carbonyl (C=O) groups excluding carboxylic acids is 2. The lowest BCUT2D eigenvalue weighted by Crippen LogP contribution is -2.31. The van der Waals surface area contributed by atoms with Gasteiger partial charge in [-0.05, 0) is 11.1 Å². The van der Waals surface area contributed by atoms with Crippen molar-refractivity contribution >= 4 is 11.8 Å². The molecular formula is C21H22N2O2. The number of amides is 2. The standard InChI is InChI=1S/C21H22N2O2/c24-19-11-21(15-22(19)13-17-7-3-1-4-8-17)12-20(25)23(16-21)14-18-9-5-2-6-10-18/h1-10H,11-16H2. The summed E-state index contributed by atoms with van der Waals surface area (Å²) < 4.78 is 0. The highest BCUT2D eigenvalue weighted by molar-refractivity contribution is 5.85. The molecule has 2 saturated heterocycles. The summed E-state index contributed by atoms with van der Waals surface area (Å²) in [5.41, 5.74) is 2.06. The van der Waals surface area contributed by atoms with Crippen molar-refractivity contribution in [2.75, 3.05) is 13.1 Å². The highest BCUT2D eigenvalue weighted by Crippen LogP contribution is 2.41. The molecule has 2 aromatic rings. The highest BCUT2D eigenvalue weighted by Gasteiger charge is 2.50. The first-order valence-corrected chi connectivity index (χ1v) is 8.77. The molecule has 0 bridgehead atoms. The molecule has 0 aliphatic carbocycles. The Morgan fingerprint density at radius 1 is 0.680 bits per heavy atom. The lowest BCUT2D eigenvalue weighted by molar-refractivity contribution is -0.128. The van der Waals surface area contributed by atoms with Crippen LogP contribution in [0.3, 0.4) is 0 Å². The minimum Gasteiger partial charge on any atom is -0.338 e. The molecule has 0 N–H and O–H groups in total. The molecule has 2 heterocycles. The molecule has 1 spiro atoms. The van der Waals surface area contributed by atoms with Gasteiger partial charge in [0.2, 0.25) is 11.8 Å². The van der Waals surface area contributed by atoms with E-state index in [1.807, 2.05) is 70.5 Å². The van der Waals surface area contributed by atoms with Crippen LogP contribution < -0.4 is 0 Å². The second-order valence-corrected chi connectivity index (χ2v) is 7.32. The molecular weight excluding hydrogens is 312 g/mol. The van der Waals surface area contributed by atoms with Gasteiger partial charge < -0.3 is 9.80 Å². The highest BCUT2D eigenvalue weighted by atomic mass is 16.2. The summed E-state index contributed by atoms with van der Waals surface area (Å²) in [4.78, 5) is 28.8. The molecule has 0 radical (unpaired) electrons. The van der Waals surface area contributed by atoms with E-state index >= 15 is 0 Å². The summed E-state index contributed by atoms with van der Waals surface area (Å²) in [5.74, 6) is 0.330. The van der Waals surface area contributed by atoms with E-state index in [1.165, 1.54) is 0 Å². The second-order valence-electron chi connectivity index (χ2n) is 7.32. The lowest BCUT2D eigenvalue weighted by Gasteiger charge is -2.24. The van der Waals surface area contributed by atoms with E-state index in [0.717, 1.165) is 11.1 Å². The maximum Gasteiger partial charge on any atom is 0.223 e. The summed E-state index contributed by atoms with van der Waals surface area (Å²) in [6.07, 6.45) is 0.966. The lowest BCUT2D eigenvalue weighted by atomic mass is 9.86. The minimum absolute atomic E-state index is 0.165. The zero-order valence-corrected chi connectivity index (χ0v) is 14.2. The van der Waals surface area contributed by atoms with Crippen LogP contribution in [0.15, 0.2) is 60.7 Å². The van der Waals surface area contributed by atoms with E-state index in [-0.39, 0.29) is 17.2 Å². The average molecular weight is 334 g/mol. The van der Waals surface area contributed by atoms with Crippen molar-refractivity contribution in [1.29, 1.82) is 0 Å². The summed E-state index contributed by atoms with van der Waals surface area (Å²) >= 11 is 0. The molecule has 2 aromatic carbocycles. The Morgan fingerprint density at radius 3 is 1.48 bits per heavy atom. The van der Waals surface area contributed by atoms with Crippen LogP contribution in [0.4, 0.5) is 0 Å². The van der Waals surface area contributed by atoms with Crippen LogP contribution in [-0.4, -0.2) is 34.7 Å². The van der Waals surface area contributed by atoms with Crippen LogP contribution in [0.1, 0.15) is 24.0 Å². The van der Waals surface area contributed by atoms with Gasteiger partial charge in [-0.1, -0.05) is 60.7 Å². The first-order chi connectivity index (χ1) is 12.1. The summed E-state index contributed by atoms with van der Waals surface area (Å²) in [6.45, 7) is 2.62. The van der Waals surface area contributed by atoms with Crippen LogP contribution in [0.25, 0.3) is 0 Å². The van der Waals surface area contributed by atoms with Crippen molar-refractivity contribution in [3.63, 3.8) is 0 Å². The Kier molecular flexibility index (Phi) is 4.04. The van der Waals surface area contributed by atoms with Gasteiger partial charge in [-0.15, -0.1) is 0 Å². The molecule has 4 rings (SSSR count). The molecule has 2 aliphatic heterocycles. The molecule has 2 aliphatic rings. The van der Waals surface area contributed by atoms with Gasteiger partial charge in [0.1, 0.15) is 0 Å². The number of likely N-dealkylation sites (tertiary alicyclic amines) is 2. The Morgan fingerprint density at radius 2 is 1.08 bits per heavy atom. The van der Waals surface area contributed by atoms with E-state index < -0.39 is 0 Å². The monoisotopic (exact) mass is 334 g/mol. The zero-order valence-electron chi connectivity index (χ0n) is 14.2. The van der Waals surface area contributed by atoms with Gasteiger partial charge in [0.25, 0.3) is 0 Å². The normalized spacial score (nSPS) is 19.2. The van der Waals surface area contributed by atoms with Crippen molar-refractivity contribution in [2.24, 2.45) is 5.41 Å². The summed E-state index contributed by atoms with van der Waals surface area (Å²) in [6, 6.07) is 20.1. The van der Waals surface area contributed by atoms with Crippen LogP contribution in [0.2, 0.25) is 0 Å². The van der Waals surface area contributed by atoms with E-state index in [1.54, 1.807) is 0 Å². The van der Waals surface area contributed by atoms with Crippen molar-refractivity contribution in [1.82, 2.24) is 9.80 Å². The van der Waals surface area contributed by atoms with Gasteiger partial charge in [-0.25, -0.2) is 0 Å². The largest absolute Gasteiger partial charge is 0.338 e. The fourth-order valence-electron chi connectivity index (χ4n) is 4.08. The van der Waals surface area contributed by atoms with E-state index in [4.69, 9.17) is 0 Å². The van der Waals surface area contributed by atoms with Crippen molar-refractivity contribution in [2.45, 2.75) is 25.9 Å². The Bertz CT molecular complexity index is 705. The van der Waals surface area contributed by atoms with Gasteiger partial charge in [0, 0.05) is 44.4 Å². The molecule has 128 valence electrons. The number of hydrogen-bond acceptors (Lipinski definition) is 2. The average Bonchev–Trinajstić information content (AvgIpc) is 3.07. The predicted molar refractivity (Wildman–Crippen MR) is 95.4 cm³/mol. The van der Waals surface area contributed by atoms with Crippen LogP contribution in [0.5, 0.6) is 0 Å². The van der Waals surface area contributed by atoms with Crippen LogP contribution in [-0.2, 0) is 22.7 Å². The zero-order chi connectivity index (χ0) is 17.3. The fourth-order valence-corrected chi connectivity index (χ4v) is 4.08. The number of rotatable bonds is 4. The topological polar surface area (TPSA) is 40.6 Å². The quantitative estimate of drug-likeness (QED) is 0.863. The van der Waals surface area contributed by atoms with E-state index in [9.17, 15) is 9.59 Å². The number of benzene rings is 2.